The van der Waals surface area contributed by atoms with Gasteiger partial charge in [-0.15, -0.1) is 0 Å². The molecule has 3 nitrogen and oxygen atoms in total. The van der Waals surface area contributed by atoms with Crippen LogP contribution in [0.25, 0.3) is 0 Å². The van der Waals surface area contributed by atoms with Crippen LogP contribution in [0.3, 0.4) is 0 Å². The van der Waals surface area contributed by atoms with Gasteiger partial charge in [-0.3, -0.25) is 0 Å². The number of aryl methyl sites for hydroxylation is 2. The lowest BCUT2D eigenvalue weighted by atomic mass is 10.1. The fourth-order valence-electron chi connectivity index (χ4n) is 1.54. The van der Waals surface area contributed by atoms with Crippen molar-refractivity contribution in [3.63, 3.8) is 0 Å². The molecule has 0 aliphatic carbocycles. The van der Waals surface area contributed by atoms with Gasteiger partial charge in [-0.1, -0.05) is 41.5 Å². The van der Waals surface area contributed by atoms with E-state index in [2.05, 4.69) is 9.97 Å². The minimum atomic E-state index is 0.682. The van der Waals surface area contributed by atoms with Crippen molar-refractivity contribution in [2.75, 3.05) is 6.61 Å². The molecule has 1 aromatic heterocycles. The van der Waals surface area contributed by atoms with Gasteiger partial charge in [0.05, 0.1) is 18.9 Å². The normalized spacial score (nSPS) is 11.6. The van der Waals surface area contributed by atoms with Gasteiger partial charge in [-0.25, -0.2) is 9.97 Å². The summed E-state index contributed by atoms with van der Waals surface area (Å²) in [5.41, 5.74) is 3.43. The topological polar surface area (TPSA) is 35.0 Å². The molecule has 2 rings (SSSR count). The smallest absolute Gasteiger partial charge is 0.125 e. The predicted octanol–water partition coefficient (Wildman–Crippen LogP) is 4.24. The fourth-order valence-corrected chi connectivity index (χ4v) is 1.54. The summed E-state index contributed by atoms with van der Waals surface area (Å²) >= 11 is 0. The molecule has 18 heavy (non-hydrogen) atoms. The van der Waals surface area contributed by atoms with Crippen molar-refractivity contribution in [3.05, 3.63) is 22.8 Å². The summed E-state index contributed by atoms with van der Waals surface area (Å²) in [5.74, 6) is 0.869. The van der Waals surface area contributed by atoms with E-state index in [4.69, 9.17) is 4.74 Å². The van der Waals surface area contributed by atoms with Crippen LogP contribution >= 0.6 is 0 Å². The largest absolute Gasteiger partial charge is 0.376 e. The zero-order valence-corrected chi connectivity index (χ0v) is 13.4. The molecule has 0 radical (unpaired) electrons. The van der Waals surface area contributed by atoms with E-state index in [-0.39, 0.29) is 0 Å². The third-order valence-corrected chi connectivity index (χ3v) is 2.14. The van der Waals surface area contributed by atoms with Gasteiger partial charge in [-0.05, 0) is 13.8 Å². The quantitative estimate of drug-likeness (QED) is 0.694. The van der Waals surface area contributed by atoms with E-state index in [0.29, 0.717) is 6.61 Å². The first-order chi connectivity index (χ1) is 8.77. The Bertz CT molecular complexity index is 312. The first kappa shape index (κ1) is 19.4. The molecule has 1 aliphatic rings. The van der Waals surface area contributed by atoms with Crippen LogP contribution in [0.5, 0.6) is 0 Å². The van der Waals surface area contributed by atoms with Crippen LogP contribution in [0.2, 0.25) is 0 Å². The van der Waals surface area contributed by atoms with Gasteiger partial charge in [-0.2, -0.15) is 0 Å². The summed E-state index contributed by atoms with van der Waals surface area (Å²) in [5, 5.41) is 0. The molecule has 1 aliphatic heterocycles. The first-order valence-electron chi connectivity index (χ1n) is 7.18. The molecule has 3 heteroatoms. The Morgan fingerprint density at radius 2 is 1.44 bits per heavy atom. The van der Waals surface area contributed by atoms with Crippen molar-refractivity contribution in [1.29, 1.82) is 0 Å². The molecule has 0 amide bonds. The van der Waals surface area contributed by atoms with Crippen molar-refractivity contribution in [3.8, 4) is 0 Å². The second-order valence-corrected chi connectivity index (χ2v) is 3.08. The Kier molecular flexibility index (Phi) is 13.5. The van der Waals surface area contributed by atoms with E-state index in [1.807, 2.05) is 55.4 Å². The SMILES string of the molecule is CC.CC.CC.Cc1nc(C)c2c(n1)CCOC2. The van der Waals surface area contributed by atoms with Crippen molar-refractivity contribution in [1.82, 2.24) is 9.97 Å². The number of aromatic nitrogens is 2. The molecule has 0 fully saturated rings. The molecule has 0 atom stereocenters. The Hall–Kier alpha value is -0.960. The van der Waals surface area contributed by atoms with E-state index in [1.165, 1.54) is 11.3 Å². The van der Waals surface area contributed by atoms with Gasteiger partial charge >= 0.3 is 0 Å². The fraction of sp³-hybridized carbons (Fsp3) is 0.733. The minimum Gasteiger partial charge on any atom is -0.376 e. The Morgan fingerprint density at radius 3 is 2.00 bits per heavy atom. The van der Waals surface area contributed by atoms with Crippen LogP contribution in [0.15, 0.2) is 0 Å². The number of ether oxygens (including phenoxy) is 1. The van der Waals surface area contributed by atoms with Crippen LogP contribution in [0, 0.1) is 13.8 Å². The highest BCUT2D eigenvalue weighted by Crippen LogP contribution is 2.16. The van der Waals surface area contributed by atoms with Gasteiger partial charge in [0.1, 0.15) is 5.82 Å². The van der Waals surface area contributed by atoms with Crippen LogP contribution in [0.4, 0.5) is 0 Å². The second kappa shape index (κ2) is 12.5. The third-order valence-electron chi connectivity index (χ3n) is 2.14. The molecule has 1 aromatic rings. The lowest BCUT2D eigenvalue weighted by molar-refractivity contribution is 0.108. The van der Waals surface area contributed by atoms with Crippen LogP contribution in [-0.4, -0.2) is 16.6 Å². The predicted molar refractivity (Wildman–Crippen MR) is 78.9 cm³/mol. The lowest BCUT2D eigenvalue weighted by Crippen LogP contribution is -2.15. The van der Waals surface area contributed by atoms with E-state index in [0.717, 1.165) is 24.5 Å². The zero-order chi connectivity index (χ0) is 14.6. The highest BCUT2D eigenvalue weighted by atomic mass is 16.5. The van der Waals surface area contributed by atoms with E-state index in [9.17, 15) is 0 Å². The van der Waals surface area contributed by atoms with Crippen molar-refractivity contribution < 1.29 is 4.74 Å². The molecule has 0 bridgehead atoms. The van der Waals surface area contributed by atoms with Crippen LogP contribution < -0.4 is 0 Å². The molecule has 0 aromatic carbocycles. The van der Waals surface area contributed by atoms with Crippen molar-refractivity contribution >= 4 is 0 Å². The highest BCUT2D eigenvalue weighted by Gasteiger charge is 2.14. The maximum absolute atomic E-state index is 5.34. The molecule has 0 unspecified atom stereocenters. The summed E-state index contributed by atoms with van der Waals surface area (Å²) < 4.78 is 5.34. The molecule has 0 spiro atoms. The maximum atomic E-state index is 5.34. The molecule has 0 N–H and O–H groups in total. The molecule has 106 valence electrons. The average molecular weight is 254 g/mol. The Balaban J connectivity index is 0. The number of hydrogen-bond acceptors (Lipinski definition) is 3. The molecule has 0 saturated carbocycles. The first-order valence-corrected chi connectivity index (χ1v) is 7.18. The monoisotopic (exact) mass is 254 g/mol. The number of fused-ring (bicyclic) bond motifs is 1. The van der Waals surface area contributed by atoms with Crippen LogP contribution in [0.1, 0.15) is 64.3 Å². The summed E-state index contributed by atoms with van der Waals surface area (Å²) in [6.45, 7) is 17.4. The van der Waals surface area contributed by atoms with Crippen molar-refractivity contribution in [2.24, 2.45) is 0 Å². The standard InChI is InChI=1S/C9H12N2O.3C2H6/c1-6-8-5-12-4-3-9(8)11-7(2)10-6;3*1-2/h3-5H2,1-2H3;3*1-2H3. The van der Waals surface area contributed by atoms with Crippen molar-refractivity contribution in [2.45, 2.75) is 68.4 Å². The maximum Gasteiger partial charge on any atom is 0.125 e. The molecule has 2 heterocycles. The summed E-state index contributed by atoms with van der Waals surface area (Å²) in [4.78, 5) is 8.68. The Labute approximate surface area is 113 Å². The van der Waals surface area contributed by atoms with Gasteiger partial charge < -0.3 is 4.74 Å². The van der Waals surface area contributed by atoms with Gasteiger partial charge in [0.2, 0.25) is 0 Å². The van der Waals surface area contributed by atoms with E-state index < -0.39 is 0 Å². The third kappa shape index (κ3) is 6.10. The van der Waals surface area contributed by atoms with Gasteiger partial charge in [0.25, 0.3) is 0 Å². The summed E-state index contributed by atoms with van der Waals surface area (Å²) in [6, 6.07) is 0. The number of rotatable bonds is 0. The number of hydrogen-bond donors (Lipinski definition) is 0. The van der Waals surface area contributed by atoms with Gasteiger partial charge in [0.15, 0.2) is 0 Å². The zero-order valence-electron chi connectivity index (χ0n) is 13.4. The average Bonchev–Trinajstić information content (AvgIpc) is 2.45. The van der Waals surface area contributed by atoms with Crippen LogP contribution in [-0.2, 0) is 17.8 Å². The second-order valence-electron chi connectivity index (χ2n) is 3.08. The van der Waals surface area contributed by atoms with Gasteiger partial charge in [0, 0.05) is 17.7 Å². The van der Waals surface area contributed by atoms with E-state index >= 15 is 0 Å². The summed E-state index contributed by atoms with van der Waals surface area (Å²) in [6.07, 6.45) is 0.930. The molecular weight excluding hydrogens is 224 g/mol. The summed E-state index contributed by atoms with van der Waals surface area (Å²) in [7, 11) is 0. The van der Waals surface area contributed by atoms with E-state index in [1.54, 1.807) is 0 Å². The highest BCUT2D eigenvalue weighted by molar-refractivity contribution is 5.25. The number of nitrogens with zero attached hydrogens (tertiary/aromatic N) is 2. The molecule has 0 saturated heterocycles. The molecular formula is C15H30N2O. The lowest BCUT2D eigenvalue weighted by Gasteiger charge is -2.17. The Morgan fingerprint density at radius 1 is 0.889 bits per heavy atom. The minimum absolute atomic E-state index is 0.682.